The Morgan fingerprint density at radius 1 is 1.00 bits per heavy atom. The fourth-order valence-electron chi connectivity index (χ4n) is 10.5. The van der Waals surface area contributed by atoms with Gasteiger partial charge in [-0.25, -0.2) is 4.98 Å². The summed E-state index contributed by atoms with van der Waals surface area (Å²) in [5.41, 5.74) is 12.1. The molecule has 1 atom stereocenters. The third kappa shape index (κ3) is 8.99. The molecule has 1 spiro atoms. The van der Waals surface area contributed by atoms with Crippen molar-refractivity contribution in [1.82, 2.24) is 24.5 Å². The number of aromatic amines is 1. The number of hydrogen-bond donors (Lipinski definition) is 3. The van der Waals surface area contributed by atoms with Crippen LogP contribution in [-0.4, -0.2) is 82.6 Å². The van der Waals surface area contributed by atoms with E-state index in [1.54, 1.807) is 18.3 Å². The number of nitro benzene ring substituents is 1. The summed E-state index contributed by atoms with van der Waals surface area (Å²) >= 11 is 0.982. The fourth-order valence-corrected chi connectivity index (χ4v) is 11.1. The number of aromatic nitrogens is 2. The quantitative estimate of drug-likeness (QED) is 0.0462. The van der Waals surface area contributed by atoms with Crippen LogP contribution in [0, 0.1) is 15.5 Å². The molecule has 10 rings (SSSR count). The molecule has 0 radical (unpaired) electrons. The van der Waals surface area contributed by atoms with E-state index in [2.05, 4.69) is 79.6 Å². The number of hydrogen-bond acceptors (Lipinski definition) is 12. The van der Waals surface area contributed by atoms with Gasteiger partial charge in [-0.1, -0.05) is 50.2 Å². The number of piperazine rings is 1. The minimum atomic E-state index is -0.537. The van der Waals surface area contributed by atoms with Gasteiger partial charge in [0.2, 0.25) is 0 Å². The number of nitrogens with one attached hydrogen (secondary N) is 2. The van der Waals surface area contributed by atoms with Crippen molar-refractivity contribution >= 4 is 46.0 Å². The number of rotatable bonds is 12. The van der Waals surface area contributed by atoms with Crippen molar-refractivity contribution in [2.75, 3.05) is 56.6 Å². The molecule has 3 aliphatic heterocycles. The van der Waals surface area contributed by atoms with Crippen molar-refractivity contribution in [2.45, 2.75) is 75.4 Å². The third-order valence-corrected chi connectivity index (χ3v) is 14.8. The standard InChI is InChI=1S/C51H56N8O6S/c1-33(2)40-8-3-4-9-41(40)45-32-56(31-35-7-5-10-46-48(35)64-24-6-23-63-46)21-22-58(45)37-28-51(29-37)16-19-57(20-17-51)36-11-13-42(47(26-36)65-38-25-34-15-18-53-49(34)54-30-38)50(60)55-66-39-12-14-43(52)44(27-39)59(61)62/h3-5,7-15,18,25-27,30,33,37,45H,6,16-17,19-24,28-29,31-32,52H2,1-2H3,(H,53,54)(H,55,60). The van der Waals surface area contributed by atoms with E-state index in [1.807, 2.05) is 36.5 Å². The van der Waals surface area contributed by atoms with Crippen LogP contribution in [-0.2, 0) is 6.54 Å². The average molecular weight is 909 g/mol. The summed E-state index contributed by atoms with van der Waals surface area (Å²) in [6.45, 7) is 11.6. The number of piperidine rings is 1. The maximum Gasteiger partial charge on any atom is 0.293 e. The summed E-state index contributed by atoms with van der Waals surface area (Å²) in [6, 6.07) is 30.2. The summed E-state index contributed by atoms with van der Waals surface area (Å²) < 4.78 is 21.6. The number of benzene rings is 4. The number of anilines is 2. The SMILES string of the molecule is CC(C)c1ccccc1C1CN(Cc2cccc3c2OCCCO3)CCN1C1CC2(CCN(c3ccc(C(=O)NSc4ccc(N)c([N+](=O)[O-])c4)c(Oc4cnc5[nH]ccc5c4)c3)CC2)C1. The maximum absolute atomic E-state index is 13.8. The molecule has 4 N–H and O–H groups in total. The largest absolute Gasteiger partial charge is 0.490 e. The van der Waals surface area contributed by atoms with Gasteiger partial charge in [0.25, 0.3) is 11.6 Å². The molecule has 1 saturated carbocycles. The van der Waals surface area contributed by atoms with Gasteiger partial charge < -0.3 is 29.8 Å². The number of ether oxygens (including phenoxy) is 3. The predicted octanol–water partition coefficient (Wildman–Crippen LogP) is 9.88. The molecule has 4 aliphatic rings. The van der Waals surface area contributed by atoms with Crippen LogP contribution in [0.15, 0.2) is 108 Å². The Morgan fingerprint density at radius 3 is 2.67 bits per heavy atom. The number of amides is 1. The summed E-state index contributed by atoms with van der Waals surface area (Å²) in [5, 5.41) is 12.4. The lowest BCUT2D eigenvalue weighted by atomic mass is 9.59. The Bertz CT molecular complexity index is 2750. The number of nitro groups is 1. The lowest BCUT2D eigenvalue weighted by Crippen LogP contribution is -2.60. The summed E-state index contributed by atoms with van der Waals surface area (Å²) in [4.78, 5) is 40.7. The van der Waals surface area contributed by atoms with Crippen LogP contribution in [0.5, 0.6) is 23.0 Å². The first-order valence-corrected chi connectivity index (χ1v) is 23.9. The van der Waals surface area contributed by atoms with Crippen molar-refractivity contribution in [2.24, 2.45) is 5.41 Å². The van der Waals surface area contributed by atoms with Gasteiger partial charge in [-0.15, -0.1) is 0 Å². The molecule has 1 aliphatic carbocycles. The number of carbonyl (C=O) groups is 1. The third-order valence-electron chi connectivity index (χ3n) is 14.0. The Hall–Kier alpha value is -6.29. The van der Waals surface area contributed by atoms with Crippen LogP contribution in [0.3, 0.4) is 0 Å². The Labute approximate surface area is 389 Å². The van der Waals surface area contributed by atoms with E-state index in [9.17, 15) is 14.9 Å². The first kappa shape index (κ1) is 43.6. The second-order valence-corrected chi connectivity index (χ2v) is 19.4. The highest BCUT2D eigenvalue weighted by Gasteiger charge is 2.50. The van der Waals surface area contributed by atoms with Gasteiger partial charge in [0.1, 0.15) is 22.8 Å². The van der Waals surface area contributed by atoms with Gasteiger partial charge >= 0.3 is 0 Å². The molecule has 15 heteroatoms. The summed E-state index contributed by atoms with van der Waals surface area (Å²) in [7, 11) is 0. The predicted molar refractivity (Wildman–Crippen MR) is 258 cm³/mol. The number of nitrogens with zero attached hydrogens (tertiary/aromatic N) is 5. The van der Waals surface area contributed by atoms with Gasteiger partial charge in [0, 0.05) is 97.6 Å². The Balaban J connectivity index is 0.833. The highest BCUT2D eigenvalue weighted by molar-refractivity contribution is 7.98. The van der Waals surface area contributed by atoms with Crippen molar-refractivity contribution in [1.29, 1.82) is 0 Å². The van der Waals surface area contributed by atoms with E-state index in [-0.39, 0.29) is 11.4 Å². The van der Waals surface area contributed by atoms with Gasteiger partial charge in [0.05, 0.1) is 29.9 Å². The minimum absolute atomic E-state index is 0.0571. The van der Waals surface area contributed by atoms with Gasteiger partial charge in [-0.2, -0.15) is 0 Å². The number of H-pyrrole nitrogens is 1. The lowest BCUT2D eigenvalue weighted by Gasteiger charge is -2.58. The van der Waals surface area contributed by atoms with E-state index >= 15 is 0 Å². The monoisotopic (exact) mass is 908 g/mol. The normalized spacial score (nSPS) is 18.8. The number of para-hydroxylation sites is 1. The van der Waals surface area contributed by atoms with E-state index in [0.29, 0.717) is 58.6 Å². The molecule has 5 heterocycles. The Morgan fingerprint density at radius 2 is 1.83 bits per heavy atom. The van der Waals surface area contributed by atoms with Crippen LogP contribution in [0.2, 0.25) is 0 Å². The zero-order valence-electron chi connectivity index (χ0n) is 37.4. The second kappa shape index (κ2) is 18.5. The first-order valence-electron chi connectivity index (χ1n) is 23.1. The number of pyridine rings is 1. The molecule has 1 unspecified atom stereocenters. The lowest BCUT2D eigenvalue weighted by molar-refractivity contribution is -0.384. The molecule has 2 saturated heterocycles. The summed E-state index contributed by atoms with van der Waals surface area (Å²) in [5.74, 6) is 2.69. The van der Waals surface area contributed by atoms with E-state index in [0.717, 1.165) is 98.7 Å². The van der Waals surface area contributed by atoms with Crippen molar-refractivity contribution in [3.8, 4) is 23.0 Å². The Kier molecular flexibility index (Phi) is 12.2. The van der Waals surface area contributed by atoms with Gasteiger partial charge in [-0.05, 0) is 103 Å². The zero-order valence-corrected chi connectivity index (χ0v) is 38.2. The van der Waals surface area contributed by atoms with Crippen molar-refractivity contribution < 1.29 is 23.9 Å². The molecule has 66 heavy (non-hydrogen) atoms. The summed E-state index contributed by atoms with van der Waals surface area (Å²) in [6.07, 6.45) is 8.92. The molecule has 0 bridgehead atoms. The van der Waals surface area contributed by atoms with Crippen LogP contribution in [0.4, 0.5) is 17.1 Å². The number of fused-ring (bicyclic) bond motifs is 2. The molecular formula is C51H56N8O6S. The van der Waals surface area contributed by atoms with E-state index in [4.69, 9.17) is 19.9 Å². The zero-order chi connectivity index (χ0) is 45.4. The van der Waals surface area contributed by atoms with Gasteiger partial charge in [-0.3, -0.25) is 29.4 Å². The molecule has 342 valence electrons. The van der Waals surface area contributed by atoms with Crippen LogP contribution in [0.25, 0.3) is 11.0 Å². The van der Waals surface area contributed by atoms with Crippen molar-refractivity contribution in [3.63, 3.8) is 0 Å². The topological polar surface area (TPSA) is 164 Å². The maximum atomic E-state index is 13.8. The molecule has 2 aromatic heterocycles. The fraction of sp³-hybridized carbons (Fsp3) is 0.373. The number of nitrogens with two attached hydrogens (primary N) is 1. The molecule has 3 fully saturated rings. The molecular weight excluding hydrogens is 853 g/mol. The molecule has 1 amide bonds. The van der Waals surface area contributed by atoms with E-state index in [1.165, 1.54) is 41.7 Å². The average Bonchev–Trinajstić information content (AvgIpc) is 3.65. The molecule has 4 aromatic carbocycles. The number of nitrogen functional groups attached to an aromatic ring is 1. The molecule has 6 aromatic rings. The highest BCUT2D eigenvalue weighted by atomic mass is 32.2. The van der Waals surface area contributed by atoms with Crippen LogP contribution in [0.1, 0.15) is 85.0 Å². The van der Waals surface area contributed by atoms with Crippen molar-refractivity contribution in [3.05, 3.63) is 136 Å². The van der Waals surface area contributed by atoms with E-state index < -0.39 is 10.8 Å². The highest BCUT2D eigenvalue weighted by Crippen LogP contribution is 2.53. The number of carbonyl (C=O) groups excluding carboxylic acids is 1. The molecule has 14 nitrogen and oxygen atoms in total. The van der Waals surface area contributed by atoms with Crippen LogP contribution >= 0.6 is 11.9 Å². The second-order valence-electron chi connectivity index (χ2n) is 18.5. The smallest absolute Gasteiger partial charge is 0.293 e. The van der Waals surface area contributed by atoms with Gasteiger partial charge in [0.15, 0.2) is 11.5 Å². The first-order chi connectivity index (χ1) is 32.1. The van der Waals surface area contributed by atoms with Crippen LogP contribution < -0.4 is 29.6 Å². The minimum Gasteiger partial charge on any atom is -0.490 e.